The minimum Gasteiger partial charge on any atom is -0.489 e. The lowest BCUT2D eigenvalue weighted by Gasteiger charge is -2.19. The van der Waals surface area contributed by atoms with E-state index in [0.717, 1.165) is 0 Å². The van der Waals surface area contributed by atoms with Gasteiger partial charge in [-0.05, 0) is 12.1 Å². The minimum absolute atomic E-state index is 0.0271. The van der Waals surface area contributed by atoms with Crippen LogP contribution in [0.4, 0.5) is 10.1 Å². The van der Waals surface area contributed by atoms with Crippen LogP contribution in [0, 0.1) is 0 Å². The van der Waals surface area contributed by atoms with Gasteiger partial charge >= 0.3 is 0 Å². The van der Waals surface area contributed by atoms with E-state index in [1.807, 2.05) is 0 Å². The molecule has 110 valence electrons. The first-order chi connectivity index (χ1) is 9.43. The van der Waals surface area contributed by atoms with Crippen molar-refractivity contribution in [3.63, 3.8) is 0 Å². The molecule has 1 saturated heterocycles. The molecule has 5 nitrogen and oxygen atoms in total. The van der Waals surface area contributed by atoms with Crippen LogP contribution >= 0.6 is 10.7 Å². The van der Waals surface area contributed by atoms with Gasteiger partial charge < -0.3 is 9.64 Å². The molecule has 0 aliphatic carbocycles. The maximum Gasteiger partial charge on any atom is 0.237 e. The number of halogens is 2. The fourth-order valence-corrected chi connectivity index (χ4v) is 3.07. The van der Waals surface area contributed by atoms with E-state index in [1.165, 1.54) is 4.90 Å². The van der Waals surface area contributed by atoms with Crippen molar-refractivity contribution in [3.05, 3.63) is 24.3 Å². The maximum absolute atomic E-state index is 12.2. The molecule has 1 unspecified atom stereocenters. The maximum atomic E-state index is 12.2. The van der Waals surface area contributed by atoms with E-state index in [4.69, 9.17) is 15.4 Å². The van der Waals surface area contributed by atoms with Gasteiger partial charge in [-0.15, -0.1) is 0 Å². The number of carbonyl (C=O) groups is 1. The van der Waals surface area contributed by atoms with Gasteiger partial charge in [-0.1, -0.05) is 12.1 Å². The van der Waals surface area contributed by atoms with Crippen LogP contribution in [-0.2, 0) is 13.8 Å². The summed E-state index contributed by atoms with van der Waals surface area (Å²) in [5, 5.41) is -0.939. The fraction of sp³-hybridized carbons (Fsp3) is 0.417. The topological polar surface area (TPSA) is 63.7 Å². The second kappa shape index (κ2) is 5.97. The molecule has 2 rings (SSSR count). The molecule has 1 aromatic rings. The number of hydrogen-bond donors (Lipinski definition) is 0. The molecule has 1 fully saturated rings. The van der Waals surface area contributed by atoms with Crippen molar-refractivity contribution in [3.8, 4) is 5.75 Å². The minimum atomic E-state index is -3.80. The molecule has 1 atom stereocenters. The summed E-state index contributed by atoms with van der Waals surface area (Å²) >= 11 is 0. The average Bonchev–Trinajstić information content (AvgIpc) is 2.79. The van der Waals surface area contributed by atoms with Gasteiger partial charge in [-0.3, -0.25) is 4.79 Å². The average molecular weight is 322 g/mol. The Morgan fingerprint density at radius 1 is 1.40 bits per heavy atom. The largest absolute Gasteiger partial charge is 0.489 e. The van der Waals surface area contributed by atoms with Crippen molar-refractivity contribution in [2.24, 2.45) is 0 Å². The highest BCUT2D eigenvalue weighted by Crippen LogP contribution is 2.33. The molecule has 1 aromatic carbocycles. The first-order valence-corrected chi connectivity index (χ1v) is 8.32. The molecule has 0 bridgehead atoms. The van der Waals surface area contributed by atoms with Crippen LogP contribution in [0.25, 0.3) is 0 Å². The van der Waals surface area contributed by atoms with Crippen LogP contribution in [0.3, 0.4) is 0 Å². The lowest BCUT2D eigenvalue weighted by molar-refractivity contribution is -0.117. The van der Waals surface area contributed by atoms with E-state index in [9.17, 15) is 17.6 Å². The van der Waals surface area contributed by atoms with E-state index >= 15 is 0 Å². The summed E-state index contributed by atoms with van der Waals surface area (Å²) in [6, 6.07) is 6.59. The molecular formula is C12H13ClFNO4S. The Morgan fingerprint density at radius 2 is 2.10 bits per heavy atom. The Hall–Kier alpha value is -1.34. The SMILES string of the molecule is O=C1CC(S(=O)(=O)Cl)CN1c1ccccc1OCCF. The number of para-hydroxylation sites is 2. The Balaban J connectivity index is 2.26. The Bertz CT molecular complexity index is 607. The normalized spacial score (nSPS) is 19.4. The van der Waals surface area contributed by atoms with Crippen LogP contribution < -0.4 is 9.64 Å². The zero-order valence-electron chi connectivity index (χ0n) is 10.5. The molecule has 0 N–H and O–H groups in total. The number of ether oxygens (including phenoxy) is 1. The van der Waals surface area contributed by atoms with Gasteiger partial charge in [0.25, 0.3) is 0 Å². The lowest BCUT2D eigenvalue weighted by atomic mass is 10.2. The zero-order valence-corrected chi connectivity index (χ0v) is 12.0. The van der Waals surface area contributed by atoms with E-state index in [2.05, 4.69) is 0 Å². The summed E-state index contributed by atoms with van der Waals surface area (Å²) in [6.45, 7) is -0.808. The molecule has 1 amide bonds. The second-order valence-electron chi connectivity index (χ2n) is 4.31. The van der Waals surface area contributed by atoms with Crippen molar-refractivity contribution in [2.75, 3.05) is 24.7 Å². The van der Waals surface area contributed by atoms with E-state index in [-0.39, 0.29) is 25.5 Å². The van der Waals surface area contributed by atoms with Gasteiger partial charge in [0.15, 0.2) is 0 Å². The van der Waals surface area contributed by atoms with Crippen molar-refractivity contribution in [1.29, 1.82) is 0 Å². The number of hydrogen-bond acceptors (Lipinski definition) is 4. The Labute approximate surface area is 120 Å². The lowest BCUT2D eigenvalue weighted by Crippen LogP contribution is -2.27. The standard InChI is InChI=1S/C12H13ClFNO4S/c13-20(17,18)9-7-12(16)15(8-9)10-3-1-2-4-11(10)19-6-5-14/h1-4,9H,5-8H2. The summed E-state index contributed by atoms with van der Waals surface area (Å²) in [5.74, 6) is -0.0124. The molecule has 0 spiro atoms. The molecule has 1 aliphatic rings. The van der Waals surface area contributed by atoms with Crippen molar-refractivity contribution < 1.29 is 22.3 Å². The van der Waals surface area contributed by atoms with Crippen LogP contribution in [-0.4, -0.2) is 39.4 Å². The van der Waals surface area contributed by atoms with Gasteiger partial charge in [-0.2, -0.15) is 0 Å². The smallest absolute Gasteiger partial charge is 0.237 e. The molecule has 8 heteroatoms. The third-order valence-electron chi connectivity index (χ3n) is 2.98. The highest BCUT2D eigenvalue weighted by Gasteiger charge is 2.38. The highest BCUT2D eigenvalue weighted by atomic mass is 35.7. The van der Waals surface area contributed by atoms with Gasteiger partial charge in [0, 0.05) is 23.6 Å². The Morgan fingerprint density at radius 3 is 2.70 bits per heavy atom. The third-order valence-corrected chi connectivity index (χ3v) is 4.85. The summed E-state index contributed by atoms with van der Waals surface area (Å²) < 4.78 is 40.0. The molecular weight excluding hydrogens is 309 g/mol. The summed E-state index contributed by atoms with van der Waals surface area (Å²) in [7, 11) is 1.50. The van der Waals surface area contributed by atoms with Crippen molar-refractivity contribution >= 4 is 31.3 Å². The number of anilines is 1. The third kappa shape index (κ3) is 3.21. The molecule has 1 heterocycles. The molecule has 20 heavy (non-hydrogen) atoms. The van der Waals surface area contributed by atoms with E-state index in [1.54, 1.807) is 24.3 Å². The highest BCUT2D eigenvalue weighted by molar-refractivity contribution is 8.14. The monoisotopic (exact) mass is 321 g/mol. The Kier molecular flexibility index (Phi) is 4.49. The van der Waals surface area contributed by atoms with Crippen LogP contribution in [0.15, 0.2) is 24.3 Å². The molecule has 0 saturated carbocycles. The zero-order chi connectivity index (χ0) is 14.8. The number of nitrogens with zero attached hydrogens (tertiary/aromatic N) is 1. The first-order valence-electron chi connectivity index (χ1n) is 5.95. The summed E-state index contributed by atoms with van der Waals surface area (Å²) in [4.78, 5) is 13.2. The van der Waals surface area contributed by atoms with Gasteiger partial charge in [0.1, 0.15) is 24.3 Å². The predicted molar refractivity (Wildman–Crippen MR) is 73.4 cm³/mol. The second-order valence-corrected chi connectivity index (χ2v) is 7.22. The molecule has 0 aromatic heterocycles. The number of amides is 1. The summed E-state index contributed by atoms with van der Waals surface area (Å²) in [5.41, 5.74) is 0.425. The van der Waals surface area contributed by atoms with Crippen LogP contribution in [0.2, 0.25) is 0 Å². The van der Waals surface area contributed by atoms with Crippen molar-refractivity contribution in [2.45, 2.75) is 11.7 Å². The molecule has 1 aliphatic heterocycles. The van der Waals surface area contributed by atoms with Crippen LogP contribution in [0.5, 0.6) is 5.75 Å². The van der Waals surface area contributed by atoms with Crippen LogP contribution in [0.1, 0.15) is 6.42 Å². The van der Waals surface area contributed by atoms with Crippen molar-refractivity contribution in [1.82, 2.24) is 0 Å². The van der Waals surface area contributed by atoms with E-state index in [0.29, 0.717) is 11.4 Å². The van der Waals surface area contributed by atoms with Gasteiger partial charge in [-0.25, -0.2) is 12.8 Å². The number of benzene rings is 1. The summed E-state index contributed by atoms with van der Waals surface area (Å²) in [6.07, 6.45) is -0.163. The number of carbonyl (C=O) groups excluding carboxylic acids is 1. The fourth-order valence-electron chi connectivity index (χ4n) is 2.05. The quantitative estimate of drug-likeness (QED) is 0.774. The first kappa shape index (κ1) is 15.1. The number of rotatable bonds is 5. The molecule has 0 radical (unpaired) electrons. The van der Waals surface area contributed by atoms with Gasteiger partial charge in [0.05, 0.1) is 5.69 Å². The van der Waals surface area contributed by atoms with Gasteiger partial charge in [0.2, 0.25) is 15.0 Å². The predicted octanol–water partition coefficient (Wildman–Crippen LogP) is 1.71. The van der Waals surface area contributed by atoms with E-state index < -0.39 is 21.0 Å². The number of alkyl halides is 1.